The fourth-order valence-corrected chi connectivity index (χ4v) is 10.1. The molecule has 1 atom stereocenters. The van der Waals surface area contributed by atoms with Crippen molar-refractivity contribution in [2.75, 3.05) is 6.61 Å². The van der Waals surface area contributed by atoms with E-state index in [1.165, 1.54) is 21.5 Å². The fourth-order valence-electron chi connectivity index (χ4n) is 4.75. The molecular formula is C19H18O3Si. The van der Waals surface area contributed by atoms with E-state index >= 15 is 0 Å². The molecule has 0 unspecified atom stereocenters. The Balaban J connectivity index is 1.55. The van der Waals surface area contributed by atoms with E-state index in [-0.39, 0.29) is 17.1 Å². The van der Waals surface area contributed by atoms with Crippen LogP contribution in [0.3, 0.4) is 0 Å². The zero-order valence-corrected chi connectivity index (χ0v) is 14.0. The molecule has 0 spiro atoms. The van der Waals surface area contributed by atoms with Crippen LogP contribution in [0.25, 0.3) is 0 Å². The van der Waals surface area contributed by atoms with Gasteiger partial charge in [0.1, 0.15) is 6.10 Å². The van der Waals surface area contributed by atoms with E-state index in [0.717, 1.165) is 6.42 Å². The number of hydrogen-bond acceptors (Lipinski definition) is 3. The summed E-state index contributed by atoms with van der Waals surface area (Å²) in [7, 11) is -2.17. The molecule has 0 saturated carbocycles. The van der Waals surface area contributed by atoms with Crippen molar-refractivity contribution in [1.29, 1.82) is 0 Å². The Kier molecular flexibility index (Phi) is 2.55. The van der Waals surface area contributed by atoms with Gasteiger partial charge in [0.15, 0.2) is 0 Å². The number of fused-ring (bicyclic) bond motifs is 7. The van der Waals surface area contributed by atoms with Crippen LogP contribution >= 0.6 is 0 Å². The Morgan fingerprint density at radius 3 is 2.30 bits per heavy atom. The molecule has 116 valence electrons. The summed E-state index contributed by atoms with van der Waals surface area (Å²) in [5.74, 6) is -0.0939. The maximum atomic E-state index is 11.3. The molecule has 3 aliphatic heterocycles. The molecule has 3 nitrogen and oxygen atoms in total. The van der Waals surface area contributed by atoms with Gasteiger partial charge >= 0.3 is 5.97 Å². The van der Waals surface area contributed by atoms with E-state index < -0.39 is 8.32 Å². The van der Waals surface area contributed by atoms with Crippen LogP contribution in [-0.4, -0.2) is 27.0 Å². The number of esters is 1. The summed E-state index contributed by atoms with van der Waals surface area (Å²) in [6.07, 6.45) is 1.23. The Bertz CT molecular complexity index is 781. The minimum absolute atomic E-state index is 0.0444. The van der Waals surface area contributed by atoms with E-state index in [9.17, 15) is 4.79 Å². The van der Waals surface area contributed by atoms with Crippen molar-refractivity contribution in [1.82, 2.24) is 0 Å². The minimum atomic E-state index is -2.17. The maximum absolute atomic E-state index is 11.3. The maximum Gasteiger partial charge on any atom is 0.306 e. The summed E-state index contributed by atoms with van der Waals surface area (Å²) in [6, 6.07) is 17.3. The molecule has 3 aliphatic rings. The highest BCUT2D eigenvalue weighted by Crippen LogP contribution is 2.54. The molecule has 0 amide bonds. The first-order valence-corrected chi connectivity index (χ1v) is 10.1. The van der Waals surface area contributed by atoms with Gasteiger partial charge in [-0.1, -0.05) is 55.5 Å². The highest BCUT2D eigenvalue weighted by Gasteiger charge is 2.74. The van der Waals surface area contributed by atoms with E-state index in [1.807, 2.05) is 0 Å². The van der Waals surface area contributed by atoms with Gasteiger partial charge in [0.2, 0.25) is 0 Å². The number of cyclic esters (lactones) is 1. The third-order valence-electron chi connectivity index (χ3n) is 5.85. The lowest BCUT2D eigenvalue weighted by Gasteiger charge is -2.65. The molecule has 5 rings (SSSR count). The summed E-state index contributed by atoms with van der Waals surface area (Å²) in [4.78, 5) is 11.3. The second-order valence-corrected chi connectivity index (χ2v) is 10.6. The van der Waals surface area contributed by atoms with Crippen LogP contribution in [-0.2, 0) is 19.0 Å². The van der Waals surface area contributed by atoms with Crippen molar-refractivity contribution in [3.05, 3.63) is 59.7 Å². The molecule has 2 aromatic rings. The molecule has 0 bridgehead atoms. The normalized spacial score (nSPS) is 32.9. The van der Waals surface area contributed by atoms with Crippen LogP contribution in [0.5, 0.6) is 0 Å². The number of rotatable bonds is 3. The molecular weight excluding hydrogens is 304 g/mol. The van der Waals surface area contributed by atoms with Crippen molar-refractivity contribution in [3.8, 4) is 0 Å². The number of ether oxygens (including phenoxy) is 1. The van der Waals surface area contributed by atoms with Gasteiger partial charge in [0, 0.05) is 11.5 Å². The highest BCUT2D eigenvalue weighted by molar-refractivity contribution is 7.07. The average Bonchev–Trinajstić information content (AvgIpc) is 3.00. The van der Waals surface area contributed by atoms with Gasteiger partial charge < -0.3 is 9.16 Å². The SMILES string of the molecule is CC12c3ccccc3[Si]1(OC[C@@H]1CCC(=O)O1)c1ccccc12. The van der Waals surface area contributed by atoms with Gasteiger partial charge in [0.05, 0.1) is 6.61 Å². The Hall–Kier alpha value is -1.91. The Labute approximate surface area is 136 Å². The number of hydrogen-bond donors (Lipinski definition) is 0. The van der Waals surface area contributed by atoms with Gasteiger partial charge in [-0.15, -0.1) is 0 Å². The number of benzene rings is 2. The molecule has 1 fully saturated rings. The van der Waals surface area contributed by atoms with Crippen molar-refractivity contribution < 1.29 is 14.0 Å². The first kappa shape index (κ1) is 13.5. The summed E-state index contributed by atoms with van der Waals surface area (Å²) in [5, 5.41) is 2.83. The third kappa shape index (κ3) is 1.42. The molecule has 0 N–H and O–H groups in total. The lowest BCUT2D eigenvalue weighted by atomic mass is 9.88. The lowest BCUT2D eigenvalue weighted by molar-refractivity contribution is -0.142. The predicted octanol–water partition coefficient (Wildman–Crippen LogP) is 1.64. The van der Waals surface area contributed by atoms with Crippen molar-refractivity contribution in [2.24, 2.45) is 0 Å². The average molecular weight is 322 g/mol. The molecule has 2 aromatic carbocycles. The zero-order valence-electron chi connectivity index (χ0n) is 13.0. The van der Waals surface area contributed by atoms with Crippen LogP contribution in [0.2, 0.25) is 0 Å². The van der Waals surface area contributed by atoms with E-state index in [4.69, 9.17) is 9.16 Å². The fraction of sp³-hybridized carbons (Fsp3) is 0.316. The molecule has 0 aliphatic carbocycles. The minimum Gasteiger partial charge on any atom is -0.460 e. The Morgan fingerprint density at radius 1 is 1.13 bits per heavy atom. The van der Waals surface area contributed by atoms with E-state index in [0.29, 0.717) is 13.0 Å². The van der Waals surface area contributed by atoms with Crippen molar-refractivity contribution in [3.63, 3.8) is 0 Å². The van der Waals surface area contributed by atoms with Gasteiger partial charge in [0.25, 0.3) is 8.32 Å². The number of carbonyl (C=O) groups is 1. The van der Waals surface area contributed by atoms with Crippen molar-refractivity contribution >= 4 is 24.7 Å². The zero-order chi connectivity index (χ0) is 15.7. The predicted molar refractivity (Wildman–Crippen MR) is 89.4 cm³/mol. The van der Waals surface area contributed by atoms with Gasteiger partial charge in [-0.3, -0.25) is 4.79 Å². The number of carbonyl (C=O) groups excluding carboxylic acids is 1. The highest BCUT2D eigenvalue weighted by atomic mass is 28.4. The smallest absolute Gasteiger partial charge is 0.306 e. The van der Waals surface area contributed by atoms with Crippen LogP contribution in [0.15, 0.2) is 48.5 Å². The first-order valence-electron chi connectivity index (χ1n) is 8.21. The van der Waals surface area contributed by atoms with Crippen LogP contribution in [0, 0.1) is 0 Å². The second-order valence-electron chi connectivity index (χ2n) is 6.86. The quantitative estimate of drug-likeness (QED) is 0.637. The van der Waals surface area contributed by atoms with Crippen molar-refractivity contribution in [2.45, 2.75) is 30.9 Å². The topological polar surface area (TPSA) is 35.5 Å². The molecule has 0 aromatic heterocycles. The molecule has 23 heavy (non-hydrogen) atoms. The lowest BCUT2D eigenvalue weighted by Crippen LogP contribution is -2.90. The summed E-state index contributed by atoms with van der Waals surface area (Å²) >= 11 is 0. The molecule has 1 saturated heterocycles. The Morgan fingerprint density at radius 2 is 1.74 bits per heavy atom. The summed E-state index contributed by atoms with van der Waals surface area (Å²) in [5.41, 5.74) is 2.82. The van der Waals surface area contributed by atoms with Crippen LogP contribution in [0.4, 0.5) is 0 Å². The van der Waals surface area contributed by atoms with E-state index in [2.05, 4.69) is 55.5 Å². The van der Waals surface area contributed by atoms with Crippen LogP contribution < -0.4 is 10.4 Å². The van der Waals surface area contributed by atoms with E-state index in [1.54, 1.807) is 0 Å². The summed E-state index contributed by atoms with van der Waals surface area (Å²) in [6.45, 7) is 2.85. The summed E-state index contributed by atoms with van der Waals surface area (Å²) < 4.78 is 12.0. The largest absolute Gasteiger partial charge is 0.460 e. The van der Waals surface area contributed by atoms with Gasteiger partial charge in [-0.25, -0.2) is 0 Å². The van der Waals surface area contributed by atoms with Gasteiger partial charge in [-0.05, 0) is 27.9 Å². The van der Waals surface area contributed by atoms with Crippen LogP contribution in [0.1, 0.15) is 30.9 Å². The monoisotopic (exact) mass is 322 g/mol. The molecule has 4 heteroatoms. The standard InChI is InChI=1S/C19H18O3Si/c1-19-14-6-2-4-8-16(14)23(19,17-9-5-3-7-15(17)19)21-12-13-10-11-18(20)22-13/h2-9,13H,10-12H2,1H3/t13-,19?,23?/m0/s1. The second kappa shape index (κ2) is 4.33. The first-order chi connectivity index (χ1) is 11.2. The third-order valence-corrected chi connectivity index (χ3v) is 10.8. The van der Waals surface area contributed by atoms with Gasteiger partial charge in [-0.2, -0.15) is 0 Å². The molecule has 0 radical (unpaired) electrons. The molecule has 3 heterocycles.